The van der Waals surface area contributed by atoms with Gasteiger partial charge >= 0.3 is 0 Å². The SMILES string of the molecule is COc1cc(C=NN2C(=O)c3cccc4cccc(c34)C2=O)cc(Br)c1OC. The lowest BCUT2D eigenvalue weighted by atomic mass is 9.95. The topological polar surface area (TPSA) is 68.2 Å². The molecule has 0 bridgehead atoms. The second-order valence-corrected chi connectivity index (χ2v) is 6.97. The number of halogens is 1. The summed E-state index contributed by atoms with van der Waals surface area (Å²) in [6.07, 6.45) is 1.44. The van der Waals surface area contributed by atoms with Crippen molar-refractivity contribution in [1.82, 2.24) is 5.01 Å². The van der Waals surface area contributed by atoms with E-state index in [9.17, 15) is 9.59 Å². The summed E-state index contributed by atoms with van der Waals surface area (Å²) in [5.41, 5.74) is 1.55. The van der Waals surface area contributed by atoms with Gasteiger partial charge < -0.3 is 9.47 Å². The number of ether oxygens (including phenoxy) is 2. The molecule has 0 aromatic heterocycles. The molecule has 1 aliphatic rings. The van der Waals surface area contributed by atoms with E-state index in [1.807, 2.05) is 12.1 Å². The number of benzene rings is 3. The molecule has 2 amide bonds. The predicted octanol–water partition coefficient (Wildman–Crippen LogP) is 4.25. The molecule has 140 valence electrons. The highest BCUT2D eigenvalue weighted by Gasteiger charge is 2.32. The van der Waals surface area contributed by atoms with Crippen LogP contribution in [0.3, 0.4) is 0 Å². The second-order valence-electron chi connectivity index (χ2n) is 6.11. The van der Waals surface area contributed by atoms with Crippen molar-refractivity contribution in [3.8, 4) is 11.5 Å². The van der Waals surface area contributed by atoms with E-state index in [4.69, 9.17) is 9.47 Å². The first-order valence-corrected chi connectivity index (χ1v) is 9.20. The number of methoxy groups -OCH3 is 2. The Labute approximate surface area is 169 Å². The van der Waals surface area contributed by atoms with E-state index in [1.54, 1.807) is 43.5 Å². The molecule has 0 atom stereocenters. The van der Waals surface area contributed by atoms with E-state index in [0.717, 1.165) is 10.4 Å². The molecule has 0 spiro atoms. The summed E-state index contributed by atoms with van der Waals surface area (Å²) >= 11 is 3.42. The molecular weight excluding hydrogens is 424 g/mol. The van der Waals surface area contributed by atoms with Gasteiger partial charge in [-0.05, 0) is 51.1 Å². The lowest BCUT2D eigenvalue weighted by Gasteiger charge is -2.23. The molecule has 0 saturated carbocycles. The van der Waals surface area contributed by atoms with Gasteiger partial charge in [-0.1, -0.05) is 24.3 Å². The average molecular weight is 439 g/mol. The highest BCUT2D eigenvalue weighted by molar-refractivity contribution is 9.10. The molecule has 6 nitrogen and oxygen atoms in total. The quantitative estimate of drug-likeness (QED) is 0.450. The van der Waals surface area contributed by atoms with Crippen LogP contribution in [-0.2, 0) is 0 Å². The molecule has 0 aliphatic carbocycles. The number of rotatable bonds is 4. The minimum absolute atomic E-state index is 0.454. The van der Waals surface area contributed by atoms with E-state index in [-0.39, 0.29) is 0 Å². The minimum Gasteiger partial charge on any atom is -0.493 e. The van der Waals surface area contributed by atoms with Crippen LogP contribution in [0.15, 0.2) is 58.1 Å². The predicted molar refractivity (Wildman–Crippen MR) is 109 cm³/mol. The maximum Gasteiger partial charge on any atom is 0.282 e. The van der Waals surface area contributed by atoms with E-state index in [2.05, 4.69) is 21.0 Å². The summed E-state index contributed by atoms with van der Waals surface area (Å²) in [6.45, 7) is 0. The van der Waals surface area contributed by atoms with Gasteiger partial charge in [-0.2, -0.15) is 10.1 Å². The number of hydrogen-bond donors (Lipinski definition) is 0. The second kappa shape index (κ2) is 7.09. The third-order valence-electron chi connectivity index (χ3n) is 4.53. The Hall–Kier alpha value is -3.19. The molecule has 4 rings (SSSR count). The van der Waals surface area contributed by atoms with E-state index < -0.39 is 11.8 Å². The Balaban J connectivity index is 1.75. The standard InChI is InChI=1S/C21H15BrN2O4/c1-27-17-10-12(9-16(22)19(17)28-2)11-23-24-20(25)14-7-3-5-13-6-4-8-15(18(13)14)21(24)26/h3-11H,1-2H3. The van der Waals surface area contributed by atoms with Crippen molar-refractivity contribution in [3.05, 3.63) is 69.7 Å². The Morgan fingerprint density at radius 2 is 1.61 bits per heavy atom. The molecule has 28 heavy (non-hydrogen) atoms. The van der Waals surface area contributed by atoms with Crippen molar-refractivity contribution >= 4 is 44.7 Å². The van der Waals surface area contributed by atoms with Crippen molar-refractivity contribution < 1.29 is 19.1 Å². The maximum absolute atomic E-state index is 12.9. The third kappa shape index (κ3) is 2.84. The van der Waals surface area contributed by atoms with Crippen molar-refractivity contribution in [3.63, 3.8) is 0 Å². The molecule has 0 saturated heterocycles. The Morgan fingerprint density at radius 3 is 2.18 bits per heavy atom. The smallest absolute Gasteiger partial charge is 0.282 e. The van der Waals surface area contributed by atoms with Crippen molar-refractivity contribution in [1.29, 1.82) is 0 Å². The van der Waals surface area contributed by atoms with Gasteiger partial charge in [-0.15, -0.1) is 0 Å². The van der Waals surface area contributed by atoms with Crippen LogP contribution in [-0.4, -0.2) is 37.3 Å². The van der Waals surface area contributed by atoms with Gasteiger partial charge in [0.1, 0.15) is 0 Å². The van der Waals surface area contributed by atoms with Crippen LogP contribution in [0.4, 0.5) is 0 Å². The fourth-order valence-electron chi connectivity index (χ4n) is 3.26. The molecule has 0 unspecified atom stereocenters. The van der Waals surface area contributed by atoms with Gasteiger partial charge in [-0.3, -0.25) is 9.59 Å². The number of hydrogen-bond acceptors (Lipinski definition) is 5. The number of imide groups is 1. The largest absolute Gasteiger partial charge is 0.493 e. The summed E-state index contributed by atoms with van der Waals surface area (Å²) in [7, 11) is 3.07. The van der Waals surface area contributed by atoms with E-state index >= 15 is 0 Å². The van der Waals surface area contributed by atoms with E-state index in [1.165, 1.54) is 13.3 Å². The zero-order chi connectivity index (χ0) is 19.8. The lowest BCUT2D eigenvalue weighted by molar-refractivity contribution is 0.0616. The Bertz CT molecular complexity index is 1110. The molecule has 1 aliphatic heterocycles. The summed E-state index contributed by atoms with van der Waals surface area (Å²) < 4.78 is 11.3. The molecule has 0 fully saturated rings. The monoisotopic (exact) mass is 438 g/mol. The fourth-order valence-corrected chi connectivity index (χ4v) is 3.88. The first-order valence-electron chi connectivity index (χ1n) is 8.41. The first kappa shape index (κ1) is 18.2. The van der Waals surface area contributed by atoms with Crippen LogP contribution in [0.5, 0.6) is 11.5 Å². The summed E-state index contributed by atoms with van der Waals surface area (Å²) in [4.78, 5) is 25.7. The van der Waals surface area contributed by atoms with Crippen LogP contribution in [0, 0.1) is 0 Å². The molecule has 7 heteroatoms. The Kier molecular flexibility index (Phi) is 4.60. The third-order valence-corrected chi connectivity index (χ3v) is 5.12. The van der Waals surface area contributed by atoms with Crippen LogP contribution in [0.1, 0.15) is 26.3 Å². The van der Waals surface area contributed by atoms with Crippen LogP contribution < -0.4 is 9.47 Å². The van der Waals surface area contributed by atoms with Gasteiger partial charge in [0, 0.05) is 5.39 Å². The van der Waals surface area contributed by atoms with Crippen molar-refractivity contribution in [2.75, 3.05) is 14.2 Å². The van der Waals surface area contributed by atoms with E-state index in [0.29, 0.717) is 38.0 Å². The lowest BCUT2D eigenvalue weighted by Crippen LogP contribution is -2.36. The van der Waals surface area contributed by atoms with Crippen LogP contribution >= 0.6 is 15.9 Å². The van der Waals surface area contributed by atoms with Gasteiger partial charge in [0.2, 0.25) is 0 Å². The first-order chi connectivity index (χ1) is 13.5. The van der Waals surface area contributed by atoms with Crippen LogP contribution in [0.2, 0.25) is 0 Å². The summed E-state index contributed by atoms with van der Waals surface area (Å²) in [6, 6.07) is 14.2. The Morgan fingerprint density at radius 1 is 0.964 bits per heavy atom. The van der Waals surface area contributed by atoms with Gasteiger partial charge in [-0.25, -0.2) is 0 Å². The number of hydrazone groups is 1. The number of carbonyl (C=O) groups excluding carboxylic acids is 2. The number of amides is 2. The summed E-state index contributed by atoms with van der Waals surface area (Å²) in [5.74, 6) is 0.144. The molecule has 1 heterocycles. The molecule has 3 aromatic carbocycles. The molecule has 0 N–H and O–H groups in total. The zero-order valence-electron chi connectivity index (χ0n) is 15.1. The highest BCUT2D eigenvalue weighted by Crippen LogP contribution is 2.36. The van der Waals surface area contributed by atoms with Crippen molar-refractivity contribution in [2.24, 2.45) is 5.10 Å². The zero-order valence-corrected chi connectivity index (χ0v) is 16.7. The van der Waals surface area contributed by atoms with Gasteiger partial charge in [0.25, 0.3) is 11.8 Å². The fraction of sp³-hybridized carbons (Fsp3) is 0.0952. The molecule has 3 aromatic rings. The molecule has 0 radical (unpaired) electrons. The maximum atomic E-state index is 12.9. The normalized spacial score (nSPS) is 13.5. The summed E-state index contributed by atoms with van der Waals surface area (Å²) in [5, 5.41) is 6.57. The van der Waals surface area contributed by atoms with Gasteiger partial charge in [0.15, 0.2) is 11.5 Å². The minimum atomic E-state index is -0.454. The highest BCUT2D eigenvalue weighted by atomic mass is 79.9. The van der Waals surface area contributed by atoms with Crippen molar-refractivity contribution in [2.45, 2.75) is 0 Å². The number of nitrogens with zero attached hydrogens (tertiary/aromatic N) is 2. The molecular formula is C21H15BrN2O4. The van der Waals surface area contributed by atoms with Gasteiger partial charge in [0.05, 0.1) is 36.0 Å². The van der Waals surface area contributed by atoms with Crippen LogP contribution in [0.25, 0.3) is 10.8 Å². The average Bonchev–Trinajstić information content (AvgIpc) is 2.71. The number of carbonyl (C=O) groups is 2.